The normalized spacial score (nSPS) is 17.9. The van der Waals surface area contributed by atoms with Crippen molar-refractivity contribution in [3.63, 3.8) is 0 Å². The zero-order valence-electron chi connectivity index (χ0n) is 13.3. The lowest BCUT2D eigenvalue weighted by Crippen LogP contribution is -2.46. The summed E-state index contributed by atoms with van der Waals surface area (Å²) < 4.78 is 39.1. The fraction of sp³-hybridized carbons (Fsp3) is 0.625. The average Bonchev–Trinajstić information content (AvgIpc) is 2.36. The fourth-order valence-electron chi connectivity index (χ4n) is 3.34. The monoisotopic (exact) mass is 336 g/mol. The van der Waals surface area contributed by atoms with Gasteiger partial charge in [-0.3, -0.25) is 4.90 Å². The largest absolute Gasteiger partial charge is 0.390 e. The number of benzene rings is 1. The number of nitrogens with zero attached hydrogens (tertiary/aromatic N) is 1. The van der Waals surface area contributed by atoms with E-state index in [0.717, 1.165) is 35.3 Å². The van der Waals surface area contributed by atoms with Crippen LogP contribution in [-0.2, 0) is 0 Å². The van der Waals surface area contributed by atoms with Gasteiger partial charge in [0.15, 0.2) is 0 Å². The molecule has 1 N–H and O–H groups in total. The standard InChI is InChI=1S/C16H23F3N2.ClH/c1-11-8-12(2)15(13(3)9-11)14(10-16(17,18)19)21-6-4-20-5-7-21;/h8-9,14,20H,4-7,10H2,1-3H3;1H/t14-;/m0./s1. The van der Waals surface area contributed by atoms with Gasteiger partial charge in [0, 0.05) is 32.2 Å². The predicted molar refractivity (Wildman–Crippen MR) is 85.8 cm³/mol. The molecule has 0 saturated carbocycles. The Morgan fingerprint density at radius 1 is 1.09 bits per heavy atom. The van der Waals surface area contributed by atoms with Crippen molar-refractivity contribution in [1.82, 2.24) is 10.2 Å². The molecule has 6 heteroatoms. The van der Waals surface area contributed by atoms with Gasteiger partial charge < -0.3 is 5.32 Å². The van der Waals surface area contributed by atoms with Crippen LogP contribution in [0.15, 0.2) is 12.1 Å². The van der Waals surface area contributed by atoms with Crippen LogP contribution >= 0.6 is 12.4 Å². The smallest absolute Gasteiger partial charge is 0.314 e. The van der Waals surface area contributed by atoms with E-state index >= 15 is 0 Å². The summed E-state index contributed by atoms with van der Waals surface area (Å²) in [5.41, 5.74) is 3.86. The fourth-order valence-corrected chi connectivity index (χ4v) is 3.34. The summed E-state index contributed by atoms with van der Waals surface area (Å²) in [7, 11) is 0. The topological polar surface area (TPSA) is 15.3 Å². The van der Waals surface area contributed by atoms with Crippen molar-refractivity contribution in [2.75, 3.05) is 26.2 Å². The summed E-state index contributed by atoms with van der Waals surface area (Å²) in [6.07, 6.45) is -4.93. The molecule has 1 fully saturated rings. The second-order valence-electron chi connectivity index (χ2n) is 5.93. The highest BCUT2D eigenvalue weighted by atomic mass is 35.5. The highest BCUT2D eigenvalue weighted by Gasteiger charge is 2.37. The number of piperazine rings is 1. The number of nitrogens with one attached hydrogen (secondary N) is 1. The van der Waals surface area contributed by atoms with Gasteiger partial charge in [-0.1, -0.05) is 17.7 Å². The van der Waals surface area contributed by atoms with Crippen molar-refractivity contribution >= 4 is 12.4 Å². The van der Waals surface area contributed by atoms with Crippen LogP contribution < -0.4 is 5.32 Å². The minimum Gasteiger partial charge on any atom is -0.314 e. The number of hydrogen-bond acceptors (Lipinski definition) is 2. The average molecular weight is 337 g/mol. The van der Waals surface area contributed by atoms with Crippen LogP contribution in [0.3, 0.4) is 0 Å². The van der Waals surface area contributed by atoms with Gasteiger partial charge in [-0.25, -0.2) is 0 Å². The predicted octanol–water partition coefficient (Wildman–Crippen LogP) is 3.93. The van der Waals surface area contributed by atoms with Crippen LogP contribution in [0.25, 0.3) is 0 Å². The minimum atomic E-state index is -4.15. The van der Waals surface area contributed by atoms with Gasteiger partial charge >= 0.3 is 6.18 Å². The summed E-state index contributed by atoms with van der Waals surface area (Å²) >= 11 is 0. The molecule has 0 aliphatic carbocycles. The second-order valence-corrected chi connectivity index (χ2v) is 5.93. The first-order chi connectivity index (χ1) is 9.78. The Morgan fingerprint density at radius 3 is 2.05 bits per heavy atom. The van der Waals surface area contributed by atoms with Crippen molar-refractivity contribution in [1.29, 1.82) is 0 Å². The van der Waals surface area contributed by atoms with Crippen LogP contribution in [0.2, 0.25) is 0 Å². The molecule has 1 saturated heterocycles. The first-order valence-corrected chi connectivity index (χ1v) is 7.37. The Bertz CT molecular complexity index is 474. The van der Waals surface area contributed by atoms with Gasteiger partial charge in [0.1, 0.15) is 0 Å². The second kappa shape index (κ2) is 7.66. The molecule has 1 atom stereocenters. The lowest BCUT2D eigenvalue weighted by molar-refractivity contribution is -0.148. The Kier molecular flexibility index (Phi) is 6.71. The Morgan fingerprint density at radius 2 is 1.59 bits per heavy atom. The molecule has 2 rings (SSSR count). The van der Waals surface area contributed by atoms with E-state index in [-0.39, 0.29) is 12.4 Å². The SMILES string of the molecule is Cc1cc(C)c([C@H](CC(F)(F)F)N2CCNCC2)c(C)c1.Cl. The number of alkyl halides is 3. The maximum Gasteiger partial charge on any atom is 0.390 e. The van der Waals surface area contributed by atoms with E-state index < -0.39 is 18.6 Å². The van der Waals surface area contributed by atoms with Crippen molar-refractivity contribution in [2.45, 2.75) is 39.4 Å². The van der Waals surface area contributed by atoms with Crippen molar-refractivity contribution < 1.29 is 13.2 Å². The maximum atomic E-state index is 13.0. The number of aryl methyl sites for hydroxylation is 3. The van der Waals surface area contributed by atoms with Gasteiger partial charge in [0.05, 0.1) is 6.42 Å². The molecule has 0 bridgehead atoms. The zero-order chi connectivity index (χ0) is 15.6. The summed E-state index contributed by atoms with van der Waals surface area (Å²) in [5, 5.41) is 3.20. The number of rotatable bonds is 3. The number of halogens is 4. The van der Waals surface area contributed by atoms with E-state index in [1.165, 1.54) is 0 Å². The summed E-state index contributed by atoms with van der Waals surface area (Å²) in [6.45, 7) is 8.63. The lowest BCUT2D eigenvalue weighted by atomic mass is 9.91. The Hall–Kier alpha value is -0.780. The first kappa shape index (κ1) is 19.3. The molecular formula is C16H24ClF3N2. The first-order valence-electron chi connectivity index (χ1n) is 7.37. The molecule has 1 aromatic rings. The molecule has 1 aromatic carbocycles. The molecule has 126 valence electrons. The van der Waals surface area contributed by atoms with Crippen molar-refractivity contribution in [3.8, 4) is 0 Å². The van der Waals surface area contributed by atoms with Crippen LogP contribution in [0.4, 0.5) is 13.2 Å². The van der Waals surface area contributed by atoms with E-state index in [0.29, 0.717) is 13.1 Å². The van der Waals surface area contributed by atoms with Gasteiger partial charge in [0.25, 0.3) is 0 Å². The molecule has 0 aromatic heterocycles. The zero-order valence-corrected chi connectivity index (χ0v) is 14.1. The van der Waals surface area contributed by atoms with Crippen molar-refractivity contribution in [3.05, 3.63) is 34.4 Å². The molecule has 0 spiro atoms. The highest BCUT2D eigenvalue weighted by Crippen LogP contribution is 2.37. The van der Waals surface area contributed by atoms with E-state index in [1.807, 2.05) is 37.8 Å². The molecule has 2 nitrogen and oxygen atoms in total. The van der Waals surface area contributed by atoms with Crippen molar-refractivity contribution in [2.24, 2.45) is 0 Å². The molecule has 1 aliphatic heterocycles. The van der Waals surface area contributed by atoms with Gasteiger partial charge in [-0.2, -0.15) is 13.2 Å². The van der Waals surface area contributed by atoms with Gasteiger partial charge in [0.2, 0.25) is 0 Å². The third kappa shape index (κ3) is 4.86. The van der Waals surface area contributed by atoms with E-state index in [1.54, 1.807) is 0 Å². The maximum absolute atomic E-state index is 13.0. The van der Waals surface area contributed by atoms with Crippen LogP contribution in [0.5, 0.6) is 0 Å². The molecule has 1 aliphatic rings. The molecule has 0 amide bonds. The van der Waals surface area contributed by atoms with E-state index in [2.05, 4.69) is 5.32 Å². The molecule has 1 heterocycles. The minimum absolute atomic E-state index is 0. The van der Waals surface area contributed by atoms with Crippen LogP contribution in [0.1, 0.15) is 34.7 Å². The highest BCUT2D eigenvalue weighted by molar-refractivity contribution is 5.85. The summed E-state index contributed by atoms with van der Waals surface area (Å²) in [6, 6.07) is 3.38. The number of hydrogen-bond donors (Lipinski definition) is 1. The third-order valence-corrected chi connectivity index (χ3v) is 4.09. The van der Waals surface area contributed by atoms with E-state index in [9.17, 15) is 13.2 Å². The molecule has 22 heavy (non-hydrogen) atoms. The molecular weight excluding hydrogens is 313 g/mol. The summed E-state index contributed by atoms with van der Waals surface area (Å²) in [5.74, 6) is 0. The summed E-state index contributed by atoms with van der Waals surface area (Å²) in [4.78, 5) is 1.97. The third-order valence-electron chi connectivity index (χ3n) is 4.09. The Balaban J connectivity index is 0.00000242. The van der Waals surface area contributed by atoms with E-state index in [4.69, 9.17) is 0 Å². The van der Waals surface area contributed by atoms with Gasteiger partial charge in [-0.05, 0) is 37.5 Å². The Labute approximate surface area is 136 Å². The molecule has 0 unspecified atom stereocenters. The lowest BCUT2D eigenvalue weighted by Gasteiger charge is -2.37. The quantitative estimate of drug-likeness (QED) is 0.899. The van der Waals surface area contributed by atoms with Crippen LogP contribution in [0, 0.1) is 20.8 Å². The molecule has 0 radical (unpaired) electrons. The van der Waals surface area contributed by atoms with Crippen LogP contribution in [-0.4, -0.2) is 37.3 Å². The van der Waals surface area contributed by atoms with Gasteiger partial charge in [-0.15, -0.1) is 12.4 Å².